The predicted octanol–water partition coefficient (Wildman–Crippen LogP) is 0.321. The van der Waals surface area contributed by atoms with Gasteiger partial charge in [0.05, 0.1) is 12.6 Å². The van der Waals surface area contributed by atoms with Gasteiger partial charge in [0.25, 0.3) is 0 Å². The number of nitrogen functional groups attached to an aromatic ring is 1. The zero-order valence-electron chi connectivity index (χ0n) is 11.4. The second-order valence-electron chi connectivity index (χ2n) is 4.62. The summed E-state index contributed by atoms with van der Waals surface area (Å²) in [6, 6.07) is 4.85. The van der Waals surface area contributed by atoms with Crippen molar-refractivity contribution >= 4 is 23.2 Å². The molecule has 0 saturated carbocycles. The van der Waals surface area contributed by atoms with Crippen molar-refractivity contribution in [2.24, 2.45) is 5.73 Å². The van der Waals surface area contributed by atoms with Crippen LogP contribution < -0.4 is 16.8 Å². The van der Waals surface area contributed by atoms with Crippen molar-refractivity contribution in [1.82, 2.24) is 4.90 Å². The van der Waals surface area contributed by atoms with Crippen LogP contribution in [0.15, 0.2) is 18.2 Å². The number of primary amides is 1. The summed E-state index contributed by atoms with van der Waals surface area (Å²) in [6.45, 7) is 3.62. The maximum atomic E-state index is 12.1. The molecule has 1 aromatic carbocycles. The molecule has 0 aliphatic rings. The first-order valence-electron chi connectivity index (χ1n) is 5.96. The molecule has 0 aromatic heterocycles. The Balaban J connectivity index is 2.73. The fourth-order valence-corrected chi connectivity index (χ4v) is 1.59. The summed E-state index contributed by atoms with van der Waals surface area (Å²) >= 11 is 0. The van der Waals surface area contributed by atoms with Crippen molar-refractivity contribution in [3.8, 4) is 0 Å². The van der Waals surface area contributed by atoms with Gasteiger partial charge in [0.15, 0.2) is 0 Å². The summed E-state index contributed by atoms with van der Waals surface area (Å²) in [7, 11) is 1.67. The van der Waals surface area contributed by atoms with Gasteiger partial charge in [0.1, 0.15) is 0 Å². The molecule has 0 aliphatic heterocycles. The molecule has 1 atom stereocenters. The van der Waals surface area contributed by atoms with Crippen LogP contribution in [0.1, 0.15) is 12.5 Å². The van der Waals surface area contributed by atoms with Crippen LogP contribution in [0.25, 0.3) is 0 Å². The van der Waals surface area contributed by atoms with Gasteiger partial charge in [-0.2, -0.15) is 0 Å². The number of nitrogens with two attached hydrogens (primary N) is 2. The summed E-state index contributed by atoms with van der Waals surface area (Å²) < 4.78 is 0. The standard InChI is InChI=1S/C13H20N4O2/c1-8-4-5-10(14)6-11(8)16-13(19)9(2)17(3)7-12(15)18/h4-6,9H,7,14H2,1-3H3,(H2,15,18)(H,16,19). The molecule has 1 aromatic rings. The minimum Gasteiger partial charge on any atom is -0.399 e. The number of benzene rings is 1. The summed E-state index contributed by atoms with van der Waals surface area (Å²) in [5.41, 5.74) is 13.0. The molecule has 104 valence electrons. The average molecular weight is 264 g/mol. The Morgan fingerprint density at radius 1 is 1.42 bits per heavy atom. The van der Waals surface area contributed by atoms with Gasteiger partial charge in [0.2, 0.25) is 11.8 Å². The van der Waals surface area contributed by atoms with E-state index in [0.29, 0.717) is 11.4 Å². The molecule has 5 N–H and O–H groups in total. The van der Waals surface area contributed by atoms with E-state index in [2.05, 4.69) is 5.32 Å². The lowest BCUT2D eigenvalue weighted by Crippen LogP contribution is -2.43. The Bertz CT molecular complexity index is 488. The molecule has 6 heteroatoms. The van der Waals surface area contributed by atoms with E-state index < -0.39 is 11.9 Å². The summed E-state index contributed by atoms with van der Waals surface area (Å²) in [6.07, 6.45) is 0. The Morgan fingerprint density at radius 2 is 2.05 bits per heavy atom. The normalized spacial score (nSPS) is 12.2. The number of aryl methyl sites for hydroxylation is 1. The lowest BCUT2D eigenvalue weighted by atomic mass is 10.1. The molecule has 0 bridgehead atoms. The van der Waals surface area contributed by atoms with Gasteiger partial charge in [-0.05, 0) is 38.6 Å². The summed E-state index contributed by atoms with van der Waals surface area (Å²) in [5.74, 6) is -0.681. The van der Waals surface area contributed by atoms with E-state index in [0.717, 1.165) is 5.56 Å². The van der Waals surface area contributed by atoms with E-state index in [4.69, 9.17) is 11.5 Å². The van der Waals surface area contributed by atoms with Crippen LogP contribution in [-0.2, 0) is 9.59 Å². The minimum atomic E-state index is -0.470. The highest BCUT2D eigenvalue weighted by Gasteiger charge is 2.19. The molecular weight excluding hydrogens is 244 g/mol. The van der Waals surface area contributed by atoms with Crippen LogP contribution in [0, 0.1) is 6.92 Å². The number of carbonyl (C=O) groups is 2. The number of likely N-dealkylation sites (N-methyl/N-ethyl adjacent to an activating group) is 1. The van der Waals surface area contributed by atoms with Crippen LogP contribution >= 0.6 is 0 Å². The van der Waals surface area contributed by atoms with E-state index in [1.807, 2.05) is 13.0 Å². The van der Waals surface area contributed by atoms with Gasteiger partial charge < -0.3 is 16.8 Å². The topological polar surface area (TPSA) is 101 Å². The van der Waals surface area contributed by atoms with Crippen LogP contribution in [0.4, 0.5) is 11.4 Å². The van der Waals surface area contributed by atoms with Gasteiger partial charge in [-0.25, -0.2) is 0 Å². The third kappa shape index (κ3) is 4.26. The Morgan fingerprint density at radius 3 is 2.63 bits per heavy atom. The predicted molar refractivity (Wildman–Crippen MR) is 75.5 cm³/mol. The molecular formula is C13H20N4O2. The van der Waals surface area contributed by atoms with Crippen molar-refractivity contribution < 1.29 is 9.59 Å². The quantitative estimate of drug-likeness (QED) is 0.667. The molecule has 0 heterocycles. The molecule has 0 aliphatic carbocycles. The van der Waals surface area contributed by atoms with Crippen molar-refractivity contribution in [2.75, 3.05) is 24.6 Å². The van der Waals surface area contributed by atoms with E-state index in [1.165, 1.54) is 0 Å². The molecule has 2 amide bonds. The van der Waals surface area contributed by atoms with E-state index in [-0.39, 0.29) is 12.5 Å². The number of hydrogen-bond donors (Lipinski definition) is 3. The van der Waals surface area contributed by atoms with Crippen LogP contribution in [0.3, 0.4) is 0 Å². The van der Waals surface area contributed by atoms with Gasteiger partial charge >= 0.3 is 0 Å². The van der Waals surface area contributed by atoms with Gasteiger partial charge in [-0.3, -0.25) is 14.5 Å². The van der Waals surface area contributed by atoms with Gasteiger partial charge in [-0.15, -0.1) is 0 Å². The first-order valence-corrected chi connectivity index (χ1v) is 5.96. The maximum absolute atomic E-state index is 12.1. The second-order valence-corrected chi connectivity index (χ2v) is 4.62. The molecule has 0 spiro atoms. The summed E-state index contributed by atoms with van der Waals surface area (Å²) in [4.78, 5) is 24.5. The average Bonchev–Trinajstić information content (AvgIpc) is 2.31. The lowest BCUT2D eigenvalue weighted by Gasteiger charge is -2.22. The lowest BCUT2D eigenvalue weighted by molar-refractivity contribution is -0.123. The zero-order valence-corrected chi connectivity index (χ0v) is 11.4. The Kier molecular flexibility index (Phi) is 4.88. The Hall–Kier alpha value is -2.08. The Labute approximate surface area is 112 Å². The third-order valence-electron chi connectivity index (χ3n) is 2.97. The van der Waals surface area contributed by atoms with Gasteiger partial charge in [0, 0.05) is 11.4 Å². The molecule has 6 nitrogen and oxygen atoms in total. The van der Waals surface area contributed by atoms with Crippen molar-refractivity contribution in [3.05, 3.63) is 23.8 Å². The van der Waals surface area contributed by atoms with Crippen LogP contribution in [0.2, 0.25) is 0 Å². The number of carbonyl (C=O) groups excluding carboxylic acids is 2. The number of hydrogen-bond acceptors (Lipinski definition) is 4. The van der Waals surface area contributed by atoms with E-state index in [9.17, 15) is 9.59 Å². The van der Waals surface area contributed by atoms with Crippen molar-refractivity contribution in [2.45, 2.75) is 19.9 Å². The first kappa shape index (κ1) is 15.0. The first-order chi connectivity index (χ1) is 8.81. The maximum Gasteiger partial charge on any atom is 0.241 e. The smallest absolute Gasteiger partial charge is 0.241 e. The fourth-order valence-electron chi connectivity index (χ4n) is 1.59. The van der Waals surface area contributed by atoms with E-state index in [1.54, 1.807) is 31.0 Å². The SMILES string of the molecule is Cc1ccc(N)cc1NC(=O)C(C)N(C)CC(N)=O. The van der Waals surface area contributed by atoms with E-state index >= 15 is 0 Å². The minimum absolute atomic E-state index is 0.0322. The third-order valence-corrected chi connectivity index (χ3v) is 2.97. The van der Waals surface area contributed by atoms with Crippen LogP contribution in [0.5, 0.6) is 0 Å². The van der Waals surface area contributed by atoms with Crippen LogP contribution in [-0.4, -0.2) is 36.3 Å². The number of rotatable bonds is 5. The monoisotopic (exact) mass is 264 g/mol. The number of anilines is 2. The molecule has 1 unspecified atom stereocenters. The largest absolute Gasteiger partial charge is 0.399 e. The highest BCUT2D eigenvalue weighted by atomic mass is 16.2. The number of amides is 2. The number of nitrogens with zero attached hydrogens (tertiary/aromatic N) is 1. The molecule has 1 rings (SSSR count). The highest BCUT2D eigenvalue weighted by Crippen LogP contribution is 2.18. The summed E-state index contributed by atoms with van der Waals surface area (Å²) in [5, 5.41) is 2.79. The van der Waals surface area contributed by atoms with Crippen molar-refractivity contribution in [3.63, 3.8) is 0 Å². The highest BCUT2D eigenvalue weighted by molar-refractivity contribution is 5.95. The fraction of sp³-hybridized carbons (Fsp3) is 0.385. The zero-order chi connectivity index (χ0) is 14.6. The number of nitrogens with one attached hydrogen (secondary N) is 1. The molecule has 0 fully saturated rings. The molecule has 0 saturated heterocycles. The molecule has 0 radical (unpaired) electrons. The van der Waals surface area contributed by atoms with Gasteiger partial charge in [-0.1, -0.05) is 6.07 Å². The van der Waals surface area contributed by atoms with Crippen molar-refractivity contribution in [1.29, 1.82) is 0 Å². The molecule has 19 heavy (non-hydrogen) atoms. The second kappa shape index (κ2) is 6.19.